The number of thiophene rings is 1. The topological polar surface area (TPSA) is 46.4 Å². The molecule has 1 aliphatic rings. The maximum absolute atomic E-state index is 14.0. The lowest BCUT2D eigenvalue weighted by atomic mass is 9.72. The second-order valence-corrected chi connectivity index (χ2v) is 14.9. The van der Waals surface area contributed by atoms with E-state index in [1.54, 1.807) is 11.3 Å². The third-order valence-electron chi connectivity index (χ3n) is 9.49. The number of benzene rings is 4. The van der Waals surface area contributed by atoms with E-state index >= 15 is 0 Å². The van der Waals surface area contributed by atoms with Crippen LogP contribution in [0.5, 0.6) is 0 Å². The Labute approximate surface area is 287 Å². The van der Waals surface area contributed by atoms with Gasteiger partial charge in [-0.15, -0.1) is 11.3 Å². The van der Waals surface area contributed by atoms with E-state index in [4.69, 9.17) is 4.99 Å². The Morgan fingerprint density at radius 1 is 0.854 bits per heavy atom. The maximum Gasteiger partial charge on any atom is 0.259 e. The van der Waals surface area contributed by atoms with Gasteiger partial charge < -0.3 is 9.88 Å². The second kappa shape index (κ2) is 13.2. The summed E-state index contributed by atoms with van der Waals surface area (Å²) >= 11 is 1.68. The Kier molecular flexibility index (Phi) is 8.72. The zero-order chi connectivity index (χ0) is 33.3. The molecule has 0 unspecified atom stereocenters. The SMILES string of the molecule is Cc1ccc(-n2c(-c3ccccc3)cc(C=Nc3sc4c(c3C(=O)Nc3ccccc3)CC[C@H](C(C)(C)C)C4)c2-c2ccccc2)cc1. The second-order valence-electron chi connectivity index (χ2n) is 13.8. The van der Waals surface area contributed by atoms with Crippen molar-refractivity contribution in [3.63, 3.8) is 0 Å². The number of carbonyl (C=O) groups excluding carboxylic acids is 1. The van der Waals surface area contributed by atoms with Crippen LogP contribution in [-0.4, -0.2) is 16.7 Å². The summed E-state index contributed by atoms with van der Waals surface area (Å²) in [6.45, 7) is 9.09. The lowest BCUT2D eigenvalue weighted by Gasteiger charge is -2.33. The number of aliphatic imine (C=N–C) groups is 1. The normalized spacial score (nSPS) is 14.6. The molecule has 0 fully saturated rings. The van der Waals surface area contributed by atoms with Crippen molar-refractivity contribution in [2.75, 3.05) is 5.32 Å². The summed E-state index contributed by atoms with van der Waals surface area (Å²) in [6, 6.07) is 41.6. The molecule has 2 heterocycles. The molecule has 1 N–H and O–H groups in total. The molecule has 0 spiro atoms. The monoisotopic (exact) mass is 647 g/mol. The van der Waals surface area contributed by atoms with E-state index in [-0.39, 0.29) is 11.3 Å². The Morgan fingerprint density at radius 2 is 1.48 bits per heavy atom. The molecule has 1 aliphatic carbocycles. The van der Waals surface area contributed by atoms with E-state index in [1.807, 2.05) is 48.7 Å². The van der Waals surface area contributed by atoms with Crippen molar-refractivity contribution in [3.8, 4) is 28.2 Å². The highest BCUT2D eigenvalue weighted by Crippen LogP contribution is 2.46. The van der Waals surface area contributed by atoms with Crippen LogP contribution in [0.2, 0.25) is 0 Å². The molecule has 0 saturated carbocycles. The molecular weight excluding hydrogens is 607 g/mol. The van der Waals surface area contributed by atoms with Crippen molar-refractivity contribution in [2.45, 2.75) is 47.0 Å². The molecule has 6 aromatic rings. The summed E-state index contributed by atoms with van der Waals surface area (Å²) in [5.41, 5.74) is 10.5. The molecule has 4 nitrogen and oxygen atoms in total. The van der Waals surface area contributed by atoms with Gasteiger partial charge in [0, 0.05) is 28.0 Å². The van der Waals surface area contributed by atoms with Gasteiger partial charge in [0.25, 0.3) is 5.91 Å². The lowest BCUT2D eigenvalue weighted by molar-refractivity contribution is 0.102. The molecule has 2 aromatic heterocycles. The smallest absolute Gasteiger partial charge is 0.259 e. The van der Waals surface area contributed by atoms with Crippen molar-refractivity contribution >= 4 is 34.1 Å². The van der Waals surface area contributed by atoms with Crippen molar-refractivity contribution in [1.82, 2.24) is 4.57 Å². The number of nitrogens with zero attached hydrogens (tertiary/aromatic N) is 2. The molecule has 1 amide bonds. The van der Waals surface area contributed by atoms with Gasteiger partial charge in [0.2, 0.25) is 0 Å². The fourth-order valence-electron chi connectivity index (χ4n) is 6.78. The number of amides is 1. The molecule has 5 heteroatoms. The van der Waals surface area contributed by atoms with Gasteiger partial charge in [0.05, 0.1) is 17.0 Å². The zero-order valence-corrected chi connectivity index (χ0v) is 28.9. The fourth-order valence-corrected chi connectivity index (χ4v) is 8.05. The number of nitrogens with one attached hydrogen (secondary N) is 1. The van der Waals surface area contributed by atoms with E-state index in [2.05, 4.69) is 116 Å². The number of rotatable bonds is 7. The van der Waals surface area contributed by atoms with Gasteiger partial charge in [-0.3, -0.25) is 4.79 Å². The van der Waals surface area contributed by atoms with Gasteiger partial charge in [-0.05, 0) is 84.5 Å². The number of aryl methyl sites for hydroxylation is 1. The maximum atomic E-state index is 14.0. The van der Waals surface area contributed by atoms with Crippen LogP contribution in [-0.2, 0) is 12.8 Å². The van der Waals surface area contributed by atoms with Crippen LogP contribution < -0.4 is 5.32 Å². The molecule has 1 atom stereocenters. The highest BCUT2D eigenvalue weighted by Gasteiger charge is 2.34. The standard InChI is InChI=1S/C43H41N3OS/c1-29-20-23-35(24-21-29)46-37(30-14-8-5-9-15-30)26-32(40(46)31-16-10-6-11-17-31)28-44-42-39(41(47)45-34-18-12-7-13-19-34)36-25-22-33(43(2,3)4)27-38(36)48-42/h5-21,23-24,26,28,33H,22,25,27H2,1-4H3,(H,45,47)/t33-/m0/s1. The van der Waals surface area contributed by atoms with Crippen molar-refractivity contribution in [1.29, 1.82) is 0 Å². The van der Waals surface area contributed by atoms with Crippen molar-refractivity contribution in [3.05, 3.63) is 148 Å². The summed E-state index contributed by atoms with van der Waals surface area (Å²) in [7, 11) is 0. The van der Waals surface area contributed by atoms with Gasteiger partial charge in [-0.25, -0.2) is 4.99 Å². The number of aromatic nitrogens is 1. The minimum atomic E-state index is -0.0921. The fraction of sp³-hybridized carbons (Fsp3) is 0.209. The molecule has 0 aliphatic heterocycles. The van der Waals surface area contributed by atoms with Crippen LogP contribution >= 0.6 is 11.3 Å². The highest BCUT2D eigenvalue weighted by molar-refractivity contribution is 7.16. The summed E-state index contributed by atoms with van der Waals surface area (Å²) in [5, 5.41) is 3.93. The Balaban J connectivity index is 1.39. The Morgan fingerprint density at radius 3 is 2.12 bits per heavy atom. The molecule has 0 radical (unpaired) electrons. The van der Waals surface area contributed by atoms with Gasteiger partial charge in [-0.1, -0.05) is 117 Å². The van der Waals surface area contributed by atoms with Gasteiger partial charge in [0.15, 0.2) is 0 Å². The van der Waals surface area contributed by atoms with Gasteiger partial charge in [-0.2, -0.15) is 0 Å². The van der Waals surface area contributed by atoms with E-state index < -0.39 is 0 Å². The third kappa shape index (κ3) is 6.43. The molecule has 4 aromatic carbocycles. The molecule has 240 valence electrons. The van der Waals surface area contributed by atoms with Crippen LogP contribution in [0.15, 0.2) is 126 Å². The van der Waals surface area contributed by atoms with Crippen LogP contribution in [0.4, 0.5) is 10.7 Å². The summed E-state index contributed by atoms with van der Waals surface area (Å²) in [4.78, 5) is 20.5. The zero-order valence-electron chi connectivity index (χ0n) is 28.0. The van der Waals surface area contributed by atoms with E-state index in [0.717, 1.165) is 69.3 Å². The predicted molar refractivity (Wildman–Crippen MR) is 202 cm³/mol. The van der Waals surface area contributed by atoms with Crippen LogP contribution in [0.25, 0.3) is 28.2 Å². The number of para-hydroxylation sites is 1. The van der Waals surface area contributed by atoms with Crippen LogP contribution in [0.3, 0.4) is 0 Å². The minimum absolute atomic E-state index is 0.0921. The van der Waals surface area contributed by atoms with Gasteiger partial charge >= 0.3 is 0 Å². The molecular formula is C43H41N3OS. The number of hydrogen-bond acceptors (Lipinski definition) is 3. The largest absolute Gasteiger partial charge is 0.322 e. The number of anilines is 1. The van der Waals surface area contributed by atoms with Crippen molar-refractivity contribution < 1.29 is 4.79 Å². The average Bonchev–Trinajstić information content (AvgIpc) is 3.67. The third-order valence-corrected chi connectivity index (χ3v) is 10.7. The molecule has 7 rings (SSSR count). The quantitative estimate of drug-likeness (QED) is 0.172. The first kappa shape index (κ1) is 31.6. The van der Waals surface area contributed by atoms with E-state index in [1.165, 1.54) is 10.4 Å². The summed E-state index contributed by atoms with van der Waals surface area (Å²) in [6.07, 6.45) is 4.90. The minimum Gasteiger partial charge on any atom is -0.322 e. The van der Waals surface area contributed by atoms with E-state index in [9.17, 15) is 4.79 Å². The van der Waals surface area contributed by atoms with Crippen molar-refractivity contribution in [2.24, 2.45) is 16.3 Å². The molecule has 0 bridgehead atoms. The first-order valence-corrected chi connectivity index (χ1v) is 17.6. The average molecular weight is 648 g/mol. The van der Waals surface area contributed by atoms with Crippen LogP contribution in [0.1, 0.15) is 59.1 Å². The highest BCUT2D eigenvalue weighted by atomic mass is 32.1. The summed E-state index contributed by atoms with van der Waals surface area (Å²) in [5.74, 6) is 0.470. The predicted octanol–water partition coefficient (Wildman–Crippen LogP) is 11.3. The number of fused-ring (bicyclic) bond motifs is 1. The first-order valence-electron chi connectivity index (χ1n) is 16.7. The molecule has 0 saturated heterocycles. The number of hydrogen-bond donors (Lipinski definition) is 1. The summed E-state index contributed by atoms with van der Waals surface area (Å²) < 4.78 is 2.34. The lowest BCUT2D eigenvalue weighted by Crippen LogP contribution is -2.27. The Bertz CT molecular complexity index is 2070. The van der Waals surface area contributed by atoms with Gasteiger partial charge in [0.1, 0.15) is 5.00 Å². The first-order chi connectivity index (χ1) is 23.3. The van der Waals surface area contributed by atoms with E-state index in [0.29, 0.717) is 11.5 Å². The Hall–Kier alpha value is -5.00. The number of carbonyl (C=O) groups is 1. The molecule has 48 heavy (non-hydrogen) atoms. The van der Waals surface area contributed by atoms with Crippen LogP contribution in [0, 0.1) is 18.3 Å².